The fraction of sp³-hybridized carbons (Fsp3) is 0.250. The summed E-state index contributed by atoms with van der Waals surface area (Å²) in [5, 5.41) is 0. The molecule has 23 heavy (non-hydrogen) atoms. The van der Waals surface area contributed by atoms with E-state index in [1.807, 2.05) is 6.92 Å². The maximum atomic E-state index is 13.0. The average Bonchev–Trinajstić information content (AvgIpc) is 2.48. The Balaban J connectivity index is 2.45. The Morgan fingerprint density at radius 2 is 1.74 bits per heavy atom. The molecule has 0 unspecified atom stereocenters. The lowest BCUT2D eigenvalue weighted by Crippen LogP contribution is -2.19. The van der Waals surface area contributed by atoms with Gasteiger partial charge in [-0.3, -0.25) is 4.72 Å². The van der Waals surface area contributed by atoms with Crippen LogP contribution in [0, 0.1) is 6.92 Å². The predicted molar refractivity (Wildman–Crippen MR) is 82.8 cm³/mol. The number of sulfonamides is 1. The molecule has 0 aliphatic heterocycles. The van der Waals surface area contributed by atoms with E-state index in [0.29, 0.717) is 5.56 Å². The summed E-state index contributed by atoms with van der Waals surface area (Å²) < 4.78 is 66.0. The van der Waals surface area contributed by atoms with E-state index in [4.69, 9.17) is 0 Å². The molecule has 3 nitrogen and oxygen atoms in total. The summed E-state index contributed by atoms with van der Waals surface area (Å²) in [6.45, 7) is 3.66. The van der Waals surface area contributed by atoms with Crippen LogP contribution >= 0.6 is 0 Å². The summed E-state index contributed by atoms with van der Waals surface area (Å²) in [7, 11) is -4.34. The van der Waals surface area contributed by atoms with Gasteiger partial charge < -0.3 is 0 Å². The van der Waals surface area contributed by atoms with Crippen molar-refractivity contribution >= 4 is 15.7 Å². The zero-order valence-electron chi connectivity index (χ0n) is 12.6. The molecule has 0 aliphatic rings. The molecule has 0 amide bonds. The Hall–Kier alpha value is -2.02. The lowest BCUT2D eigenvalue weighted by Gasteiger charge is -2.15. The molecular weight excluding hydrogens is 327 g/mol. The van der Waals surface area contributed by atoms with Crippen molar-refractivity contribution in [3.63, 3.8) is 0 Å². The van der Waals surface area contributed by atoms with Crippen LogP contribution < -0.4 is 4.72 Å². The lowest BCUT2D eigenvalue weighted by atomic mass is 10.1. The van der Waals surface area contributed by atoms with E-state index in [-0.39, 0.29) is 5.69 Å². The lowest BCUT2D eigenvalue weighted by molar-refractivity contribution is -0.139. The maximum Gasteiger partial charge on any atom is 0.417 e. The number of hydrogen-bond donors (Lipinski definition) is 1. The molecule has 2 aromatic carbocycles. The normalized spacial score (nSPS) is 12.2. The third kappa shape index (κ3) is 3.85. The minimum atomic E-state index is -4.74. The smallest absolute Gasteiger partial charge is 0.279 e. The standard InChI is InChI=1S/C16H16F3NO2S/c1-3-12-8-9-14(11(2)10-12)20-23(21,22)15-7-5-4-6-13(15)16(17,18)19/h4-10,20H,3H2,1-2H3. The summed E-state index contributed by atoms with van der Waals surface area (Å²) >= 11 is 0. The molecule has 0 saturated heterocycles. The zero-order valence-corrected chi connectivity index (χ0v) is 13.4. The highest BCUT2D eigenvalue weighted by atomic mass is 32.2. The molecule has 0 bridgehead atoms. The van der Waals surface area contributed by atoms with Gasteiger partial charge in [0, 0.05) is 0 Å². The fourth-order valence-corrected chi connectivity index (χ4v) is 3.55. The Morgan fingerprint density at radius 1 is 1.09 bits per heavy atom. The second kappa shape index (κ2) is 6.23. The monoisotopic (exact) mass is 343 g/mol. The maximum absolute atomic E-state index is 13.0. The van der Waals surface area contributed by atoms with Gasteiger partial charge in [-0.05, 0) is 42.7 Å². The van der Waals surface area contributed by atoms with Gasteiger partial charge in [0.2, 0.25) is 0 Å². The topological polar surface area (TPSA) is 46.2 Å². The van der Waals surface area contributed by atoms with Crippen LogP contribution in [0.1, 0.15) is 23.6 Å². The highest BCUT2D eigenvalue weighted by Crippen LogP contribution is 2.34. The van der Waals surface area contributed by atoms with Gasteiger partial charge in [-0.1, -0.05) is 31.2 Å². The number of anilines is 1. The first kappa shape index (κ1) is 17.3. The second-order valence-electron chi connectivity index (χ2n) is 5.10. The van der Waals surface area contributed by atoms with Crippen molar-refractivity contribution in [2.45, 2.75) is 31.3 Å². The molecule has 0 heterocycles. The van der Waals surface area contributed by atoms with Crippen LogP contribution in [0.15, 0.2) is 47.4 Å². The zero-order chi connectivity index (χ0) is 17.3. The van der Waals surface area contributed by atoms with Crippen molar-refractivity contribution in [3.8, 4) is 0 Å². The van der Waals surface area contributed by atoms with Crippen molar-refractivity contribution < 1.29 is 21.6 Å². The second-order valence-corrected chi connectivity index (χ2v) is 6.75. The van der Waals surface area contributed by atoms with E-state index in [1.165, 1.54) is 6.07 Å². The molecule has 7 heteroatoms. The molecule has 2 rings (SSSR count). The first-order valence-electron chi connectivity index (χ1n) is 6.93. The SMILES string of the molecule is CCc1ccc(NS(=O)(=O)c2ccccc2C(F)(F)F)c(C)c1. The van der Waals surface area contributed by atoms with E-state index in [2.05, 4.69) is 4.72 Å². The molecular formula is C16H16F3NO2S. The molecule has 0 radical (unpaired) electrons. The van der Waals surface area contributed by atoms with Crippen LogP contribution in [0.3, 0.4) is 0 Å². The molecule has 0 saturated carbocycles. The van der Waals surface area contributed by atoms with E-state index in [0.717, 1.165) is 30.2 Å². The van der Waals surface area contributed by atoms with Crippen LogP contribution in [-0.2, 0) is 22.6 Å². The number of aryl methyl sites for hydroxylation is 2. The van der Waals surface area contributed by atoms with Crippen molar-refractivity contribution in [3.05, 3.63) is 59.2 Å². The Labute approximate surface area is 133 Å². The van der Waals surface area contributed by atoms with Gasteiger partial charge in [-0.15, -0.1) is 0 Å². The van der Waals surface area contributed by atoms with E-state index in [9.17, 15) is 21.6 Å². The molecule has 0 aromatic heterocycles. The van der Waals surface area contributed by atoms with Crippen molar-refractivity contribution in [2.75, 3.05) is 4.72 Å². The van der Waals surface area contributed by atoms with Crippen molar-refractivity contribution in [2.24, 2.45) is 0 Å². The third-order valence-corrected chi connectivity index (χ3v) is 4.85. The Kier molecular flexibility index (Phi) is 4.70. The predicted octanol–water partition coefficient (Wildman–Crippen LogP) is 4.38. The highest BCUT2D eigenvalue weighted by molar-refractivity contribution is 7.92. The summed E-state index contributed by atoms with van der Waals surface area (Å²) in [5.41, 5.74) is 0.744. The van der Waals surface area contributed by atoms with Crippen molar-refractivity contribution in [1.82, 2.24) is 0 Å². The van der Waals surface area contributed by atoms with E-state index < -0.39 is 26.7 Å². The minimum absolute atomic E-state index is 0.263. The van der Waals surface area contributed by atoms with Gasteiger partial charge in [0.15, 0.2) is 0 Å². The first-order chi connectivity index (χ1) is 10.6. The summed E-state index contributed by atoms with van der Waals surface area (Å²) in [4.78, 5) is -0.786. The van der Waals surface area contributed by atoms with Crippen LogP contribution in [0.5, 0.6) is 0 Å². The largest absolute Gasteiger partial charge is 0.417 e. The molecule has 0 spiro atoms. The van der Waals surface area contributed by atoms with Crippen LogP contribution in [-0.4, -0.2) is 8.42 Å². The van der Waals surface area contributed by atoms with Gasteiger partial charge in [-0.25, -0.2) is 8.42 Å². The van der Waals surface area contributed by atoms with Gasteiger partial charge in [-0.2, -0.15) is 13.2 Å². The molecule has 2 aromatic rings. The average molecular weight is 343 g/mol. The van der Waals surface area contributed by atoms with Gasteiger partial charge in [0.25, 0.3) is 10.0 Å². The number of rotatable bonds is 4. The summed E-state index contributed by atoms with van der Waals surface area (Å²) in [6.07, 6.45) is -3.96. The first-order valence-corrected chi connectivity index (χ1v) is 8.42. The van der Waals surface area contributed by atoms with E-state index in [1.54, 1.807) is 25.1 Å². The number of alkyl halides is 3. The molecule has 124 valence electrons. The molecule has 0 aliphatic carbocycles. The van der Waals surface area contributed by atoms with Gasteiger partial charge in [0.05, 0.1) is 16.1 Å². The number of benzene rings is 2. The molecule has 1 N–H and O–H groups in total. The minimum Gasteiger partial charge on any atom is -0.279 e. The summed E-state index contributed by atoms with van der Waals surface area (Å²) in [6, 6.07) is 9.21. The Bertz CT molecular complexity index is 814. The van der Waals surface area contributed by atoms with E-state index >= 15 is 0 Å². The fourth-order valence-electron chi connectivity index (χ4n) is 2.20. The highest BCUT2D eigenvalue weighted by Gasteiger charge is 2.36. The van der Waals surface area contributed by atoms with Gasteiger partial charge >= 0.3 is 6.18 Å². The molecule has 0 fully saturated rings. The summed E-state index contributed by atoms with van der Waals surface area (Å²) in [5.74, 6) is 0. The molecule has 0 atom stereocenters. The van der Waals surface area contributed by atoms with Crippen LogP contribution in [0.2, 0.25) is 0 Å². The third-order valence-electron chi connectivity index (χ3n) is 3.43. The van der Waals surface area contributed by atoms with Gasteiger partial charge in [0.1, 0.15) is 0 Å². The van der Waals surface area contributed by atoms with Crippen LogP contribution in [0.25, 0.3) is 0 Å². The Morgan fingerprint density at radius 3 is 2.30 bits per heavy atom. The number of halogens is 3. The quantitative estimate of drug-likeness (QED) is 0.896. The number of hydrogen-bond acceptors (Lipinski definition) is 2. The van der Waals surface area contributed by atoms with Crippen molar-refractivity contribution in [1.29, 1.82) is 0 Å². The van der Waals surface area contributed by atoms with Crippen LogP contribution in [0.4, 0.5) is 18.9 Å². The number of nitrogens with one attached hydrogen (secondary N) is 1.